The lowest BCUT2D eigenvalue weighted by Crippen LogP contribution is -2.54. The molecule has 0 aromatic heterocycles. The summed E-state index contributed by atoms with van der Waals surface area (Å²) in [4.78, 5) is 12.0. The highest BCUT2D eigenvalue weighted by molar-refractivity contribution is 5.93. The van der Waals surface area contributed by atoms with Crippen molar-refractivity contribution >= 4 is 11.7 Å². The molecule has 0 atom stereocenters. The molecule has 5 nitrogen and oxygen atoms in total. The van der Waals surface area contributed by atoms with Crippen LogP contribution in [-0.2, 0) is 4.79 Å². The van der Waals surface area contributed by atoms with Crippen LogP contribution in [0.25, 0.3) is 0 Å². The molecule has 17 heavy (non-hydrogen) atoms. The molecule has 0 aromatic rings. The molecule has 0 saturated heterocycles. The van der Waals surface area contributed by atoms with Crippen LogP contribution in [0.5, 0.6) is 0 Å². The number of nitrogens with one attached hydrogen (secondary N) is 1. The van der Waals surface area contributed by atoms with E-state index in [1.165, 1.54) is 0 Å². The Morgan fingerprint density at radius 2 is 1.88 bits per heavy atom. The minimum absolute atomic E-state index is 0.00787. The first kappa shape index (κ1) is 13.8. The Hall–Kier alpha value is -1.26. The van der Waals surface area contributed by atoms with Crippen molar-refractivity contribution in [2.24, 2.45) is 22.7 Å². The van der Waals surface area contributed by atoms with Crippen LogP contribution in [0.15, 0.2) is 5.16 Å². The average molecular weight is 241 g/mol. The molecule has 0 unspecified atom stereocenters. The first-order valence-electron chi connectivity index (χ1n) is 6.17. The fourth-order valence-electron chi connectivity index (χ4n) is 2.12. The summed E-state index contributed by atoms with van der Waals surface area (Å²) in [6, 6.07) is 0. The number of carbonyl (C=O) groups is 1. The molecule has 0 bridgehead atoms. The van der Waals surface area contributed by atoms with Gasteiger partial charge in [-0.2, -0.15) is 0 Å². The minimum Gasteiger partial charge on any atom is -0.409 e. The van der Waals surface area contributed by atoms with Gasteiger partial charge in [-0.15, -0.1) is 0 Å². The molecule has 1 rings (SSSR count). The number of nitrogens with two attached hydrogens (primary N) is 1. The zero-order chi connectivity index (χ0) is 13.1. The zero-order valence-electron chi connectivity index (χ0n) is 10.9. The van der Waals surface area contributed by atoms with Gasteiger partial charge in [0.2, 0.25) is 5.91 Å². The van der Waals surface area contributed by atoms with E-state index in [0.717, 1.165) is 31.6 Å². The maximum atomic E-state index is 12.0. The zero-order valence-corrected chi connectivity index (χ0v) is 10.9. The molecule has 1 amide bonds. The van der Waals surface area contributed by atoms with Crippen molar-refractivity contribution in [3.63, 3.8) is 0 Å². The number of hydrogen-bond acceptors (Lipinski definition) is 3. The van der Waals surface area contributed by atoms with E-state index in [4.69, 9.17) is 10.9 Å². The van der Waals surface area contributed by atoms with Gasteiger partial charge in [0.1, 0.15) is 0 Å². The van der Waals surface area contributed by atoms with Crippen LogP contribution in [0.2, 0.25) is 0 Å². The summed E-state index contributed by atoms with van der Waals surface area (Å²) < 4.78 is 0. The van der Waals surface area contributed by atoms with Crippen LogP contribution in [-0.4, -0.2) is 22.5 Å². The number of hydrogen-bond donors (Lipinski definition) is 3. The maximum Gasteiger partial charge on any atom is 0.223 e. The number of nitrogens with zero attached hydrogens (tertiary/aromatic N) is 1. The van der Waals surface area contributed by atoms with Gasteiger partial charge in [0, 0.05) is 5.92 Å². The smallest absolute Gasteiger partial charge is 0.223 e. The first-order chi connectivity index (χ1) is 7.86. The molecule has 0 aliphatic heterocycles. The monoisotopic (exact) mass is 241 g/mol. The summed E-state index contributed by atoms with van der Waals surface area (Å²) >= 11 is 0. The quantitative estimate of drug-likeness (QED) is 0.302. The number of rotatable bonds is 3. The summed E-state index contributed by atoms with van der Waals surface area (Å²) in [6.45, 7) is 5.67. The third kappa shape index (κ3) is 3.61. The van der Waals surface area contributed by atoms with E-state index in [9.17, 15) is 4.79 Å². The van der Waals surface area contributed by atoms with E-state index in [0.29, 0.717) is 0 Å². The molecule has 1 aliphatic rings. The van der Waals surface area contributed by atoms with Gasteiger partial charge in [-0.3, -0.25) is 4.79 Å². The molecule has 0 aromatic carbocycles. The van der Waals surface area contributed by atoms with Crippen molar-refractivity contribution in [2.75, 3.05) is 0 Å². The van der Waals surface area contributed by atoms with Crippen molar-refractivity contribution < 1.29 is 10.0 Å². The van der Waals surface area contributed by atoms with Crippen LogP contribution in [0.4, 0.5) is 0 Å². The molecule has 0 spiro atoms. The van der Waals surface area contributed by atoms with Crippen molar-refractivity contribution in [3.8, 4) is 0 Å². The molecule has 0 heterocycles. The Bertz CT molecular complexity index is 305. The lowest BCUT2D eigenvalue weighted by molar-refractivity contribution is -0.127. The van der Waals surface area contributed by atoms with Crippen LogP contribution in [0.3, 0.4) is 0 Å². The molecular weight excluding hydrogens is 218 g/mol. The number of amides is 1. The number of amidine groups is 1. The minimum atomic E-state index is -0.797. The lowest BCUT2D eigenvalue weighted by Gasteiger charge is -2.30. The Kier molecular flexibility index (Phi) is 4.37. The van der Waals surface area contributed by atoms with E-state index >= 15 is 0 Å². The van der Waals surface area contributed by atoms with E-state index in [1.54, 1.807) is 13.8 Å². The van der Waals surface area contributed by atoms with E-state index < -0.39 is 5.54 Å². The van der Waals surface area contributed by atoms with Gasteiger partial charge in [0.15, 0.2) is 5.84 Å². The molecule has 1 saturated carbocycles. The largest absolute Gasteiger partial charge is 0.409 e. The molecule has 0 radical (unpaired) electrons. The second kappa shape index (κ2) is 5.38. The molecule has 4 N–H and O–H groups in total. The lowest BCUT2D eigenvalue weighted by atomic mass is 9.82. The van der Waals surface area contributed by atoms with E-state index in [1.807, 2.05) is 0 Å². The van der Waals surface area contributed by atoms with Gasteiger partial charge in [-0.1, -0.05) is 12.1 Å². The van der Waals surface area contributed by atoms with Crippen LogP contribution in [0.1, 0.15) is 46.5 Å². The first-order valence-corrected chi connectivity index (χ1v) is 6.17. The van der Waals surface area contributed by atoms with Crippen LogP contribution in [0, 0.1) is 11.8 Å². The topological polar surface area (TPSA) is 87.7 Å². The third-order valence-electron chi connectivity index (χ3n) is 3.57. The van der Waals surface area contributed by atoms with Gasteiger partial charge >= 0.3 is 0 Å². The van der Waals surface area contributed by atoms with Gasteiger partial charge in [-0.25, -0.2) is 0 Å². The second-order valence-electron chi connectivity index (χ2n) is 5.56. The van der Waals surface area contributed by atoms with Crippen LogP contribution < -0.4 is 11.1 Å². The number of carbonyl (C=O) groups excluding carboxylic acids is 1. The Morgan fingerprint density at radius 3 is 2.35 bits per heavy atom. The maximum absolute atomic E-state index is 12.0. The predicted molar refractivity (Wildman–Crippen MR) is 66.8 cm³/mol. The van der Waals surface area contributed by atoms with Crippen molar-refractivity contribution in [3.05, 3.63) is 0 Å². The highest BCUT2D eigenvalue weighted by Gasteiger charge is 2.31. The fourth-order valence-corrected chi connectivity index (χ4v) is 2.12. The second-order valence-corrected chi connectivity index (χ2v) is 5.56. The Balaban J connectivity index is 2.55. The average Bonchev–Trinajstić information content (AvgIpc) is 2.28. The summed E-state index contributed by atoms with van der Waals surface area (Å²) in [7, 11) is 0. The standard InChI is InChI=1S/C12H23N3O2/c1-8-4-6-9(7-5-8)10(16)14-12(2,3)11(13)15-17/h8-9,17H,4-7H2,1-3H3,(H2,13,15)(H,14,16). The van der Waals surface area contributed by atoms with Crippen molar-refractivity contribution in [1.29, 1.82) is 0 Å². The van der Waals surface area contributed by atoms with Gasteiger partial charge < -0.3 is 16.3 Å². The van der Waals surface area contributed by atoms with Gasteiger partial charge in [-0.05, 0) is 45.4 Å². The normalized spacial score (nSPS) is 26.6. The summed E-state index contributed by atoms with van der Waals surface area (Å²) in [6.07, 6.45) is 4.06. The molecule has 98 valence electrons. The Morgan fingerprint density at radius 1 is 1.35 bits per heavy atom. The SMILES string of the molecule is CC1CCC(C(=O)NC(C)(C)C(N)=NO)CC1. The van der Waals surface area contributed by atoms with E-state index in [2.05, 4.69) is 17.4 Å². The Labute approximate surface area is 102 Å². The fraction of sp³-hybridized carbons (Fsp3) is 0.833. The summed E-state index contributed by atoms with van der Waals surface area (Å²) in [5.74, 6) is 0.816. The van der Waals surface area contributed by atoms with Gasteiger partial charge in [0.25, 0.3) is 0 Å². The highest BCUT2D eigenvalue weighted by atomic mass is 16.4. The van der Waals surface area contributed by atoms with Gasteiger partial charge in [0.05, 0.1) is 5.54 Å². The molecule has 5 heteroatoms. The van der Waals surface area contributed by atoms with E-state index in [-0.39, 0.29) is 17.7 Å². The van der Waals surface area contributed by atoms with Crippen molar-refractivity contribution in [1.82, 2.24) is 5.32 Å². The summed E-state index contributed by atoms with van der Waals surface area (Å²) in [5.41, 5.74) is 4.74. The molecule has 1 aliphatic carbocycles. The summed E-state index contributed by atoms with van der Waals surface area (Å²) in [5, 5.41) is 14.4. The molecular formula is C12H23N3O2. The predicted octanol–water partition coefficient (Wildman–Crippen LogP) is 1.45. The van der Waals surface area contributed by atoms with Crippen molar-refractivity contribution in [2.45, 2.75) is 52.0 Å². The highest BCUT2D eigenvalue weighted by Crippen LogP contribution is 2.28. The molecule has 1 fully saturated rings. The third-order valence-corrected chi connectivity index (χ3v) is 3.57. The van der Waals surface area contributed by atoms with Crippen LogP contribution >= 0.6 is 0 Å². The number of oxime groups is 1.